The van der Waals surface area contributed by atoms with Crippen LogP contribution in [-0.4, -0.2) is 24.5 Å². The number of benzene rings is 4. The van der Waals surface area contributed by atoms with Crippen molar-refractivity contribution >= 4 is 27.8 Å². The lowest BCUT2D eigenvalue weighted by Gasteiger charge is -2.32. The SMILES string of the molecule is CC1C=C(c2ccc(-n3cnc4ccccc43)cc2)C=C2C=CC=C(c3ccc(-c4nc(C5=CCCC=C5)nc(-c5ccccc5)n4)cc3)C21. The summed E-state index contributed by atoms with van der Waals surface area (Å²) in [6.07, 6.45) is 22.0. The Bertz CT molecular complexity index is 2420. The molecule has 5 heteroatoms. The molecule has 0 amide bonds. The Kier molecular flexibility index (Phi) is 7.58. The molecule has 0 N–H and O–H groups in total. The number of rotatable bonds is 6. The lowest BCUT2D eigenvalue weighted by Crippen LogP contribution is -2.19. The van der Waals surface area contributed by atoms with Crippen molar-refractivity contribution in [3.05, 3.63) is 181 Å². The van der Waals surface area contributed by atoms with Gasteiger partial charge in [-0.1, -0.05) is 134 Å². The Hall–Kier alpha value is -6.20. The molecule has 3 aliphatic carbocycles. The van der Waals surface area contributed by atoms with E-state index >= 15 is 0 Å². The second-order valence-electron chi connectivity index (χ2n) is 13.1. The van der Waals surface area contributed by atoms with Crippen molar-refractivity contribution in [2.75, 3.05) is 0 Å². The second kappa shape index (κ2) is 12.7. The standard InChI is InChI=1S/C45H35N5/c1-30-27-37(31-23-25-38(26-24-31)50-29-46-40-17-8-9-18-41(40)50)28-36-15-10-16-39(42(30)36)32-19-21-35(22-20-32)45-48-43(33-11-4-2-5-12-33)47-44(49-45)34-13-6-3-7-14-34/h2,4-6,8-30,42H,3,7H2,1H3. The maximum atomic E-state index is 4.95. The first-order valence-corrected chi connectivity index (χ1v) is 17.3. The third kappa shape index (κ3) is 5.57. The molecule has 0 bridgehead atoms. The van der Waals surface area contributed by atoms with Gasteiger partial charge in [-0.05, 0) is 70.9 Å². The van der Waals surface area contributed by atoms with Crippen molar-refractivity contribution in [3.63, 3.8) is 0 Å². The molecule has 4 aromatic carbocycles. The van der Waals surface area contributed by atoms with Gasteiger partial charge in [0.2, 0.25) is 0 Å². The monoisotopic (exact) mass is 645 g/mol. The average Bonchev–Trinajstić information content (AvgIpc) is 3.63. The molecule has 2 aromatic heterocycles. The van der Waals surface area contributed by atoms with Crippen LogP contribution < -0.4 is 0 Å². The second-order valence-corrected chi connectivity index (χ2v) is 13.1. The summed E-state index contributed by atoms with van der Waals surface area (Å²) in [4.78, 5) is 19.3. The van der Waals surface area contributed by atoms with Crippen molar-refractivity contribution in [1.29, 1.82) is 0 Å². The molecule has 0 saturated carbocycles. The quantitative estimate of drug-likeness (QED) is 0.181. The number of allylic oxidation sites excluding steroid dienone is 12. The Morgan fingerprint density at radius 1 is 0.640 bits per heavy atom. The largest absolute Gasteiger partial charge is 0.299 e. The smallest absolute Gasteiger partial charge is 0.164 e. The van der Waals surface area contributed by atoms with Gasteiger partial charge in [0.1, 0.15) is 6.33 Å². The summed E-state index contributed by atoms with van der Waals surface area (Å²) < 4.78 is 2.14. The van der Waals surface area contributed by atoms with Gasteiger partial charge in [-0.25, -0.2) is 19.9 Å². The number of fused-ring (bicyclic) bond motifs is 2. The van der Waals surface area contributed by atoms with Gasteiger partial charge in [0.05, 0.1) is 11.0 Å². The van der Waals surface area contributed by atoms with Gasteiger partial charge in [-0.2, -0.15) is 0 Å². The van der Waals surface area contributed by atoms with E-state index < -0.39 is 0 Å². The van der Waals surface area contributed by atoms with Gasteiger partial charge in [-0.3, -0.25) is 4.57 Å². The number of hydrogen-bond acceptors (Lipinski definition) is 4. The highest BCUT2D eigenvalue weighted by Crippen LogP contribution is 2.44. The Balaban J connectivity index is 0.985. The maximum Gasteiger partial charge on any atom is 0.164 e. The van der Waals surface area contributed by atoms with Crippen LogP contribution >= 0.6 is 0 Å². The number of nitrogens with zero attached hydrogens (tertiary/aromatic N) is 5. The van der Waals surface area contributed by atoms with Gasteiger partial charge in [0.25, 0.3) is 0 Å². The highest BCUT2D eigenvalue weighted by atomic mass is 15.0. The highest BCUT2D eigenvalue weighted by molar-refractivity contribution is 5.84. The summed E-state index contributed by atoms with van der Waals surface area (Å²) in [7, 11) is 0. The predicted molar refractivity (Wildman–Crippen MR) is 204 cm³/mol. The topological polar surface area (TPSA) is 56.5 Å². The summed E-state index contributed by atoms with van der Waals surface area (Å²) in [5.41, 5.74) is 12.6. The van der Waals surface area contributed by atoms with Crippen LogP contribution in [-0.2, 0) is 0 Å². The third-order valence-corrected chi connectivity index (χ3v) is 9.88. The summed E-state index contributed by atoms with van der Waals surface area (Å²) in [6, 6.07) is 35.9. The zero-order valence-electron chi connectivity index (χ0n) is 27.8. The zero-order valence-corrected chi connectivity index (χ0v) is 27.8. The van der Waals surface area contributed by atoms with Crippen LogP contribution in [0.3, 0.4) is 0 Å². The highest BCUT2D eigenvalue weighted by Gasteiger charge is 2.29. The Morgan fingerprint density at radius 2 is 1.34 bits per heavy atom. The van der Waals surface area contributed by atoms with Gasteiger partial charge >= 0.3 is 0 Å². The first-order valence-electron chi connectivity index (χ1n) is 17.3. The van der Waals surface area contributed by atoms with E-state index in [-0.39, 0.29) is 5.92 Å². The first kappa shape index (κ1) is 29.9. The number of hydrogen-bond donors (Lipinski definition) is 0. The van der Waals surface area contributed by atoms with Gasteiger partial charge < -0.3 is 0 Å². The summed E-state index contributed by atoms with van der Waals surface area (Å²) in [6.45, 7) is 2.33. The molecule has 50 heavy (non-hydrogen) atoms. The molecule has 0 fully saturated rings. The minimum atomic E-state index is 0.282. The fourth-order valence-corrected chi connectivity index (χ4v) is 7.36. The molecule has 240 valence electrons. The van der Waals surface area contributed by atoms with Crippen LogP contribution in [0.5, 0.6) is 0 Å². The Morgan fingerprint density at radius 3 is 2.12 bits per heavy atom. The van der Waals surface area contributed by atoms with Crippen molar-refractivity contribution in [2.45, 2.75) is 19.8 Å². The number of imidazole rings is 1. The fraction of sp³-hybridized carbons (Fsp3) is 0.111. The number of aromatic nitrogens is 5. The molecule has 2 unspecified atom stereocenters. The molecule has 0 spiro atoms. The van der Waals surface area contributed by atoms with Crippen molar-refractivity contribution in [3.8, 4) is 28.5 Å². The lowest BCUT2D eigenvalue weighted by atomic mass is 9.71. The van der Waals surface area contributed by atoms with E-state index in [4.69, 9.17) is 15.0 Å². The molecule has 6 aromatic rings. The van der Waals surface area contributed by atoms with Crippen LogP contribution in [0.1, 0.15) is 36.7 Å². The van der Waals surface area contributed by atoms with E-state index in [0.717, 1.165) is 46.3 Å². The van der Waals surface area contributed by atoms with Crippen LogP contribution in [0.15, 0.2) is 164 Å². The minimum Gasteiger partial charge on any atom is -0.299 e. The summed E-state index contributed by atoms with van der Waals surface area (Å²) in [5.74, 6) is 2.70. The maximum absolute atomic E-state index is 4.95. The van der Waals surface area contributed by atoms with Gasteiger partial charge in [0, 0.05) is 28.3 Å². The lowest BCUT2D eigenvalue weighted by molar-refractivity contribution is 0.600. The average molecular weight is 646 g/mol. The van der Waals surface area contributed by atoms with Crippen LogP contribution in [0.25, 0.3) is 56.2 Å². The van der Waals surface area contributed by atoms with E-state index in [2.05, 4.69) is 138 Å². The van der Waals surface area contributed by atoms with Crippen LogP contribution in [0, 0.1) is 11.8 Å². The molecular formula is C45H35N5. The fourth-order valence-electron chi connectivity index (χ4n) is 7.36. The van der Waals surface area contributed by atoms with Crippen LogP contribution in [0.2, 0.25) is 0 Å². The molecular weight excluding hydrogens is 611 g/mol. The zero-order chi connectivity index (χ0) is 33.4. The Labute approximate surface area is 292 Å². The van der Waals surface area contributed by atoms with E-state index in [1.54, 1.807) is 0 Å². The van der Waals surface area contributed by atoms with Crippen molar-refractivity contribution < 1.29 is 0 Å². The molecule has 9 rings (SSSR count). The van der Waals surface area contributed by atoms with E-state index in [9.17, 15) is 0 Å². The molecule has 2 heterocycles. The van der Waals surface area contributed by atoms with E-state index in [0.29, 0.717) is 23.4 Å². The molecule has 5 nitrogen and oxygen atoms in total. The summed E-state index contributed by atoms with van der Waals surface area (Å²) >= 11 is 0. The van der Waals surface area contributed by atoms with Gasteiger partial charge in [0.15, 0.2) is 17.5 Å². The molecule has 3 aliphatic rings. The summed E-state index contributed by atoms with van der Waals surface area (Å²) in [5, 5.41) is 0. The van der Waals surface area contributed by atoms with Gasteiger partial charge in [-0.15, -0.1) is 0 Å². The normalized spacial score (nSPS) is 18.3. The number of para-hydroxylation sites is 2. The molecule has 0 saturated heterocycles. The third-order valence-electron chi connectivity index (χ3n) is 9.88. The first-order chi connectivity index (χ1) is 24.7. The van der Waals surface area contributed by atoms with Crippen LogP contribution in [0.4, 0.5) is 0 Å². The molecule has 0 radical (unpaired) electrons. The van der Waals surface area contributed by atoms with E-state index in [1.807, 2.05) is 36.7 Å². The van der Waals surface area contributed by atoms with Crippen molar-refractivity contribution in [2.24, 2.45) is 11.8 Å². The van der Waals surface area contributed by atoms with E-state index in [1.165, 1.54) is 27.8 Å². The predicted octanol–water partition coefficient (Wildman–Crippen LogP) is 10.5. The molecule has 2 atom stereocenters. The minimum absolute atomic E-state index is 0.282. The van der Waals surface area contributed by atoms with Crippen molar-refractivity contribution in [1.82, 2.24) is 24.5 Å². The molecule has 0 aliphatic heterocycles.